The van der Waals surface area contributed by atoms with Crippen LogP contribution in [-0.2, 0) is 11.2 Å². The van der Waals surface area contributed by atoms with Gasteiger partial charge < -0.3 is 5.32 Å². The summed E-state index contributed by atoms with van der Waals surface area (Å²) >= 11 is 3.97. The van der Waals surface area contributed by atoms with E-state index in [0.717, 1.165) is 10.4 Å². The van der Waals surface area contributed by atoms with Gasteiger partial charge in [-0.25, -0.2) is 14.4 Å². The lowest BCUT2D eigenvalue weighted by molar-refractivity contribution is -0.115. The van der Waals surface area contributed by atoms with Crippen molar-refractivity contribution in [1.29, 1.82) is 0 Å². The van der Waals surface area contributed by atoms with Gasteiger partial charge in [0.2, 0.25) is 5.91 Å². The van der Waals surface area contributed by atoms with Gasteiger partial charge >= 0.3 is 0 Å². The molecule has 0 bridgehead atoms. The summed E-state index contributed by atoms with van der Waals surface area (Å²) in [4.78, 5) is 34.7. The molecule has 0 atom stereocenters. The van der Waals surface area contributed by atoms with Gasteiger partial charge in [-0.05, 0) is 42.6 Å². The van der Waals surface area contributed by atoms with Gasteiger partial charge in [0, 0.05) is 15.8 Å². The average Bonchev–Trinajstić information content (AvgIpc) is 3.45. The van der Waals surface area contributed by atoms with Crippen LogP contribution < -0.4 is 10.6 Å². The minimum Gasteiger partial charge on any atom is -0.302 e. The van der Waals surface area contributed by atoms with Crippen LogP contribution in [0, 0.1) is 12.7 Å². The van der Waals surface area contributed by atoms with Crippen LogP contribution in [0.4, 0.5) is 14.7 Å². The van der Waals surface area contributed by atoms with Gasteiger partial charge in [0.1, 0.15) is 5.82 Å². The predicted molar refractivity (Wildman–Crippen MR) is 119 cm³/mol. The van der Waals surface area contributed by atoms with E-state index in [-0.39, 0.29) is 24.1 Å². The van der Waals surface area contributed by atoms with Crippen LogP contribution in [-0.4, -0.2) is 21.8 Å². The zero-order valence-corrected chi connectivity index (χ0v) is 18.1. The zero-order valence-electron chi connectivity index (χ0n) is 15.6. The first-order valence-corrected chi connectivity index (χ1v) is 11.4. The van der Waals surface area contributed by atoms with Crippen LogP contribution in [0.25, 0.3) is 11.3 Å². The summed E-state index contributed by atoms with van der Waals surface area (Å²) in [5, 5.41) is 9.99. The number of hydrogen-bond donors (Lipinski definition) is 2. The standard InChI is InChI=1S/C20H15FN4O2S3/c1-11-17(12-4-6-13(21)7-5-12)24-20(30-11)23-16(26)9-14-10-29-19(22-14)25-18(27)15-3-2-8-28-15/h2-8,10H,9H2,1H3,(H,22,25,27)(H,23,24,26). The number of amides is 2. The third-order valence-electron chi connectivity index (χ3n) is 4.02. The van der Waals surface area contributed by atoms with Crippen LogP contribution in [0.2, 0.25) is 0 Å². The molecule has 3 heterocycles. The van der Waals surface area contributed by atoms with Gasteiger partial charge in [-0.2, -0.15) is 0 Å². The van der Waals surface area contributed by atoms with E-state index in [0.29, 0.717) is 26.5 Å². The van der Waals surface area contributed by atoms with Crippen molar-refractivity contribution in [3.05, 3.63) is 68.4 Å². The van der Waals surface area contributed by atoms with Crippen molar-refractivity contribution in [2.45, 2.75) is 13.3 Å². The third-order valence-corrected chi connectivity index (χ3v) is 6.58. The van der Waals surface area contributed by atoms with Gasteiger partial charge in [-0.1, -0.05) is 6.07 Å². The van der Waals surface area contributed by atoms with Crippen molar-refractivity contribution in [2.75, 3.05) is 10.6 Å². The molecule has 10 heteroatoms. The molecule has 0 saturated carbocycles. The zero-order chi connectivity index (χ0) is 21.1. The molecule has 0 saturated heterocycles. The lowest BCUT2D eigenvalue weighted by Gasteiger charge is -2.00. The number of benzene rings is 1. The van der Waals surface area contributed by atoms with Gasteiger partial charge in [0.25, 0.3) is 5.91 Å². The number of nitrogens with zero attached hydrogens (tertiary/aromatic N) is 2. The van der Waals surface area contributed by atoms with E-state index in [1.807, 2.05) is 12.3 Å². The molecule has 3 aromatic heterocycles. The number of carbonyl (C=O) groups is 2. The van der Waals surface area contributed by atoms with Crippen molar-refractivity contribution < 1.29 is 14.0 Å². The minimum atomic E-state index is -0.311. The fourth-order valence-corrected chi connectivity index (χ4v) is 4.84. The molecule has 2 amide bonds. The van der Waals surface area contributed by atoms with Crippen LogP contribution >= 0.6 is 34.0 Å². The highest BCUT2D eigenvalue weighted by Gasteiger charge is 2.15. The molecule has 152 valence electrons. The Morgan fingerprint density at radius 3 is 2.57 bits per heavy atom. The fraction of sp³-hybridized carbons (Fsp3) is 0.100. The van der Waals surface area contributed by atoms with Crippen LogP contribution in [0.15, 0.2) is 47.2 Å². The Bertz CT molecular complexity index is 1180. The highest BCUT2D eigenvalue weighted by atomic mass is 32.1. The maximum absolute atomic E-state index is 13.1. The molecule has 1 aromatic carbocycles. The Hall–Kier alpha value is -2.95. The molecule has 0 aliphatic rings. The SMILES string of the molecule is Cc1sc(NC(=O)Cc2csc(NC(=O)c3cccs3)n2)nc1-c1ccc(F)cc1. The summed E-state index contributed by atoms with van der Waals surface area (Å²) < 4.78 is 13.1. The van der Waals surface area contributed by atoms with Gasteiger partial charge in [-0.3, -0.25) is 14.9 Å². The molecular formula is C20H15FN4O2S3. The van der Waals surface area contributed by atoms with E-state index in [9.17, 15) is 14.0 Å². The monoisotopic (exact) mass is 458 g/mol. The molecular weight excluding hydrogens is 443 g/mol. The number of nitrogens with one attached hydrogen (secondary N) is 2. The molecule has 4 rings (SSSR count). The second kappa shape index (κ2) is 8.82. The fourth-order valence-electron chi connectivity index (χ4n) is 2.67. The van der Waals surface area contributed by atoms with E-state index in [1.54, 1.807) is 29.6 Å². The number of halogens is 1. The van der Waals surface area contributed by atoms with Crippen molar-refractivity contribution >= 4 is 56.1 Å². The Morgan fingerprint density at radius 1 is 1.03 bits per heavy atom. The molecule has 0 unspecified atom stereocenters. The molecule has 0 aliphatic heterocycles. The maximum atomic E-state index is 13.1. The number of aryl methyl sites for hydroxylation is 1. The van der Waals surface area contributed by atoms with E-state index in [1.165, 1.54) is 46.1 Å². The summed E-state index contributed by atoms with van der Waals surface area (Å²) in [5.74, 6) is -0.785. The quantitative estimate of drug-likeness (QED) is 0.415. The highest BCUT2D eigenvalue weighted by Crippen LogP contribution is 2.30. The highest BCUT2D eigenvalue weighted by molar-refractivity contribution is 7.16. The number of thiophene rings is 1. The smallest absolute Gasteiger partial charge is 0.267 e. The van der Waals surface area contributed by atoms with Gasteiger partial charge in [0.15, 0.2) is 10.3 Å². The Balaban J connectivity index is 1.37. The van der Waals surface area contributed by atoms with E-state index < -0.39 is 0 Å². The number of hydrogen-bond acceptors (Lipinski definition) is 7. The Kier molecular flexibility index (Phi) is 5.98. The second-order valence-corrected chi connectivity index (χ2v) is 9.24. The first-order chi connectivity index (χ1) is 14.5. The van der Waals surface area contributed by atoms with E-state index in [2.05, 4.69) is 20.6 Å². The summed E-state index contributed by atoms with van der Waals surface area (Å²) in [6, 6.07) is 9.61. The first-order valence-electron chi connectivity index (χ1n) is 8.80. The molecule has 0 fully saturated rings. The molecule has 0 radical (unpaired) electrons. The van der Waals surface area contributed by atoms with Gasteiger partial charge in [0.05, 0.1) is 22.7 Å². The summed E-state index contributed by atoms with van der Waals surface area (Å²) in [6.45, 7) is 1.90. The lowest BCUT2D eigenvalue weighted by Crippen LogP contribution is -2.15. The van der Waals surface area contributed by atoms with Gasteiger partial charge in [-0.15, -0.1) is 34.0 Å². The Labute approximate surface area is 183 Å². The molecule has 0 aliphatic carbocycles. The number of carbonyl (C=O) groups excluding carboxylic acids is 2. The van der Waals surface area contributed by atoms with Crippen molar-refractivity contribution in [3.63, 3.8) is 0 Å². The summed E-state index contributed by atoms with van der Waals surface area (Å²) in [7, 11) is 0. The third kappa shape index (κ3) is 4.78. The summed E-state index contributed by atoms with van der Waals surface area (Å²) in [5.41, 5.74) is 2.06. The molecule has 2 N–H and O–H groups in total. The molecule has 4 aromatic rings. The number of rotatable bonds is 6. The maximum Gasteiger partial charge on any atom is 0.267 e. The second-order valence-electron chi connectivity index (χ2n) is 6.23. The lowest BCUT2D eigenvalue weighted by atomic mass is 10.1. The average molecular weight is 459 g/mol. The van der Waals surface area contributed by atoms with Crippen molar-refractivity contribution in [2.24, 2.45) is 0 Å². The van der Waals surface area contributed by atoms with Crippen LogP contribution in [0.1, 0.15) is 20.2 Å². The molecule has 30 heavy (non-hydrogen) atoms. The predicted octanol–water partition coefficient (Wildman–Crippen LogP) is 5.21. The minimum absolute atomic E-state index is 0.0654. The number of thiazole rings is 2. The number of aromatic nitrogens is 2. The number of anilines is 2. The Morgan fingerprint density at radius 2 is 1.83 bits per heavy atom. The van der Waals surface area contributed by atoms with Crippen LogP contribution in [0.3, 0.4) is 0 Å². The first kappa shape index (κ1) is 20.3. The molecule has 0 spiro atoms. The topological polar surface area (TPSA) is 84.0 Å². The largest absolute Gasteiger partial charge is 0.302 e. The molecule has 6 nitrogen and oxygen atoms in total. The van der Waals surface area contributed by atoms with Crippen molar-refractivity contribution in [3.8, 4) is 11.3 Å². The van der Waals surface area contributed by atoms with E-state index >= 15 is 0 Å². The van der Waals surface area contributed by atoms with E-state index in [4.69, 9.17) is 0 Å². The van der Waals surface area contributed by atoms with Crippen LogP contribution in [0.5, 0.6) is 0 Å². The summed E-state index contributed by atoms with van der Waals surface area (Å²) in [6.07, 6.45) is 0.0654. The normalized spacial score (nSPS) is 10.7. The van der Waals surface area contributed by atoms with Crippen molar-refractivity contribution in [1.82, 2.24) is 9.97 Å².